The van der Waals surface area contributed by atoms with Gasteiger partial charge in [-0.05, 0) is 30.3 Å². The van der Waals surface area contributed by atoms with Crippen LogP contribution in [0.4, 0.5) is 9.18 Å². The molecule has 28 heavy (non-hydrogen) atoms. The fourth-order valence-electron chi connectivity index (χ4n) is 2.78. The number of hydrogen-bond acceptors (Lipinski definition) is 5. The van der Waals surface area contributed by atoms with Crippen LogP contribution in [0.5, 0.6) is 5.75 Å². The molecule has 1 saturated heterocycles. The molecule has 1 aliphatic heterocycles. The van der Waals surface area contributed by atoms with E-state index in [1.807, 2.05) is 0 Å². The van der Waals surface area contributed by atoms with Crippen molar-refractivity contribution in [1.29, 1.82) is 0 Å². The monoisotopic (exact) mass is 388 g/mol. The zero-order chi connectivity index (χ0) is 19.9. The maximum atomic E-state index is 13.6. The summed E-state index contributed by atoms with van der Waals surface area (Å²) in [5.74, 6) is -0.647. The smallest absolute Gasteiger partial charge is 0.410 e. The number of rotatable bonds is 5. The van der Waals surface area contributed by atoms with Gasteiger partial charge < -0.3 is 24.8 Å². The zero-order valence-corrected chi connectivity index (χ0v) is 15.1. The molecule has 3 rings (SSSR count). The summed E-state index contributed by atoms with van der Waals surface area (Å²) in [6, 6.07) is 12.0. The summed E-state index contributed by atoms with van der Waals surface area (Å²) in [7, 11) is 0. The van der Waals surface area contributed by atoms with Crippen LogP contribution in [0.2, 0.25) is 0 Å². The van der Waals surface area contributed by atoms with Crippen LogP contribution in [-0.4, -0.2) is 54.4 Å². The van der Waals surface area contributed by atoms with E-state index >= 15 is 0 Å². The number of halogens is 1. The van der Waals surface area contributed by atoms with Gasteiger partial charge in [0.1, 0.15) is 18.2 Å². The molecule has 2 aromatic carbocycles. The van der Waals surface area contributed by atoms with Crippen LogP contribution in [0.1, 0.15) is 15.9 Å². The maximum absolute atomic E-state index is 13.6. The SMILES string of the molecule is O=C(NC[C@@H]1CN(C(=O)OCc2ccccc2F)CCO1)c1ccc(O)cc1. The third-order valence-electron chi connectivity index (χ3n) is 4.33. The Balaban J connectivity index is 1.46. The lowest BCUT2D eigenvalue weighted by molar-refractivity contribution is -0.0264. The normalized spacial score (nSPS) is 16.5. The van der Waals surface area contributed by atoms with Crippen LogP contribution in [0.25, 0.3) is 0 Å². The Kier molecular flexibility index (Phi) is 6.44. The van der Waals surface area contributed by atoms with Crippen LogP contribution in [0.3, 0.4) is 0 Å². The highest BCUT2D eigenvalue weighted by Gasteiger charge is 2.26. The van der Waals surface area contributed by atoms with E-state index in [-0.39, 0.29) is 37.5 Å². The number of hydrogen-bond donors (Lipinski definition) is 2. The van der Waals surface area contributed by atoms with Crippen molar-refractivity contribution in [2.24, 2.45) is 0 Å². The first-order valence-corrected chi connectivity index (χ1v) is 8.87. The second-order valence-corrected chi connectivity index (χ2v) is 6.34. The number of aromatic hydroxyl groups is 1. The minimum absolute atomic E-state index is 0.0803. The number of nitrogens with one attached hydrogen (secondary N) is 1. The van der Waals surface area contributed by atoms with Gasteiger partial charge in [-0.3, -0.25) is 4.79 Å². The van der Waals surface area contributed by atoms with E-state index in [4.69, 9.17) is 9.47 Å². The Morgan fingerprint density at radius 2 is 1.96 bits per heavy atom. The Bertz CT molecular complexity index is 828. The van der Waals surface area contributed by atoms with Crippen molar-refractivity contribution in [3.63, 3.8) is 0 Å². The van der Waals surface area contributed by atoms with Crippen LogP contribution < -0.4 is 5.32 Å². The molecule has 2 amide bonds. The van der Waals surface area contributed by atoms with Crippen molar-refractivity contribution in [3.05, 3.63) is 65.5 Å². The van der Waals surface area contributed by atoms with Gasteiger partial charge in [0.15, 0.2) is 0 Å². The van der Waals surface area contributed by atoms with E-state index in [2.05, 4.69) is 5.32 Å². The van der Waals surface area contributed by atoms with E-state index in [1.165, 1.54) is 35.2 Å². The van der Waals surface area contributed by atoms with Crippen LogP contribution >= 0.6 is 0 Å². The van der Waals surface area contributed by atoms with E-state index in [0.29, 0.717) is 24.3 Å². The molecule has 7 nitrogen and oxygen atoms in total. The summed E-state index contributed by atoms with van der Waals surface area (Å²) < 4.78 is 24.4. The molecule has 0 aromatic heterocycles. The minimum atomic E-state index is -0.554. The number of phenolic OH excluding ortho intramolecular Hbond substituents is 1. The summed E-state index contributed by atoms with van der Waals surface area (Å²) in [5.41, 5.74) is 0.719. The molecule has 1 atom stereocenters. The molecule has 0 bridgehead atoms. The summed E-state index contributed by atoms with van der Waals surface area (Å²) in [4.78, 5) is 25.8. The molecule has 0 unspecified atom stereocenters. The average Bonchev–Trinajstić information content (AvgIpc) is 2.72. The van der Waals surface area contributed by atoms with Crippen molar-refractivity contribution in [2.45, 2.75) is 12.7 Å². The highest BCUT2D eigenvalue weighted by atomic mass is 19.1. The predicted molar refractivity (Wildman–Crippen MR) is 98.3 cm³/mol. The van der Waals surface area contributed by atoms with E-state index < -0.39 is 11.9 Å². The van der Waals surface area contributed by atoms with Gasteiger partial charge >= 0.3 is 6.09 Å². The maximum Gasteiger partial charge on any atom is 0.410 e. The Hall–Kier alpha value is -3.13. The molecular formula is C20H21FN2O5. The number of carbonyl (C=O) groups excluding carboxylic acids is 2. The summed E-state index contributed by atoms with van der Waals surface area (Å²) in [6.07, 6.45) is -0.933. The lowest BCUT2D eigenvalue weighted by Crippen LogP contribution is -2.49. The molecule has 0 saturated carbocycles. The van der Waals surface area contributed by atoms with Crippen molar-refractivity contribution in [3.8, 4) is 5.75 Å². The zero-order valence-electron chi connectivity index (χ0n) is 15.1. The van der Waals surface area contributed by atoms with Crippen molar-refractivity contribution < 1.29 is 28.6 Å². The molecule has 0 spiro atoms. The quantitative estimate of drug-likeness (QED) is 0.821. The summed E-state index contributed by atoms with van der Waals surface area (Å²) >= 11 is 0. The number of amides is 2. The average molecular weight is 388 g/mol. The molecule has 1 heterocycles. The second-order valence-electron chi connectivity index (χ2n) is 6.34. The Morgan fingerprint density at radius 1 is 1.21 bits per heavy atom. The number of ether oxygens (including phenoxy) is 2. The lowest BCUT2D eigenvalue weighted by atomic mass is 10.2. The van der Waals surface area contributed by atoms with Gasteiger partial charge in [0, 0.05) is 24.2 Å². The van der Waals surface area contributed by atoms with Crippen molar-refractivity contribution >= 4 is 12.0 Å². The molecule has 2 aromatic rings. The fourth-order valence-corrected chi connectivity index (χ4v) is 2.78. The first kappa shape index (κ1) is 19.6. The summed E-state index contributed by atoms with van der Waals surface area (Å²) in [5, 5.41) is 12.0. The standard InChI is InChI=1S/C20H21FN2O5/c21-18-4-2-1-3-15(18)13-28-20(26)23-9-10-27-17(12-23)11-22-19(25)14-5-7-16(24)8-6-14/h1-8,17,24H,9-13H2,(H,22,25)/t17-/m1/s1. The molecule has 1 aliphatic rings. The number of benzene rings is 2. The Morgan fingerprint density at radius 3 is 2.71 bits per heavy atom. The van der Waals surface area contributed by atoms with E-state index in [0.717, 1.165) is 0 Å². The van der Waals surface area contributed by atoms with E-state index in [1.54, 1.807) is 18.2 Å². The molecule has 0 radical (unpaired) electrons. The molecule has 2 N–H and O–H groups in total. The molecule has 0 aliphatic carbocycles. The second kappa shape index (κ2) is 9.18. The highest BCUT2D eigenvalue weighted by molar-refractivity contribution is 5.94. The number of phenols is 1. The fraction of sp³-hybridized carbons (Fsp3) is 0.300. The van der Waals surface area contributed by atoms with Gasteiger partial charge in [-0.1, -0.05) is 18.2 Å². The predicted octanol–water partition coefficient (Wildman–Crippen LogP) is 2.30. The number of morpholine rings is 1. The summed E-state index contributed by atoms with van der Waals surface area (Å²) in [6.45, 7) is 1.00. The molecule has 1 fully saturated rings. The van der Waals surface area contributed by atoms with Crippen molar-refractivity contribution in [1.82, 2.24) is 10.2 Å². The highest BCUT2D eigenvalue weighted by Crippen LogP contribution is 2.12. The van der Waals surface area contributed by atoms with Gasteiger partial charge in [0.05, 0.1) is 19.3 Å². The van der Waals surface area contributed by atoms with Gasteiger partial charge in [-0.25, -0.2) is 9.18 Å². The van der Waals surface area contributed by atoms with Gasteiger partial charge in [0.25, 0.3) is 5.91 Å². The van der Waals surface area contributed by atoms with Gasteiger partial charge in [0.2, 0.25) is 0 Å². The third-order valence-corrected chi connectivity index (χ3v) is 4.33. The van der Waals surface area contributed by atoms with Crippen LogP contribution in [0, 0.1) is 5.82 Å². The van der Waals surface area contributed by atoms with Gasteiger partial charge in [-0.15, -0.1) is 0 Å². The van der Waals surface area contributed by atoms with Crippen LogP contribution in [0.15, 0.2) is 48.5 Å². The molecule has 8 heteroatoms. The number of carbonyl (C=O) groups is 2. The first-order valence-electron chi connectivity index (χ1n) is 8.87. The largest absolute Gasteiger partial charge is 0.508 e. The first-order chi connectivity index (χ1) is 13.5. The van der Waals surface area contributed by atoms with Crippen molar-refractivity contribution in [2.75, 3.05) is 26.2 Å². The molecular weight excluding hydrogens is 367 g/mol. The third kappa shape index (κ3) is 5.20. The lowest BCUT2D eigenvalue weighted by Gasteiger charge is -2.32. The van der Waals surface area contributed by atoms with E-state index in [9.17, 15) is 19.1 Å². The number of nitrogens with zero attached hydrogens (tertiary/aromatic N) is 1. The topological polar surface area (TPSA) is 88.1 Å². The molecule has 148 valence electrons. The Labute approximate surface area is 161 Å². The van der Waals surface area contributed by atoms with Gasteiger partial charge in [-0.2, -0.15) is 0 Å². The minimum Gasteiger partial charge on any atom is -0.508 e. The van der Waals surface area contributed by atoms with Crippen LogP contribution in [-0.2, 0) is 16.1 Å².